The molecule has 0 aliphatic heterocycles. The lowest BCUT2D eigenvalue weighted by Gasteiger charge is -2.49. The number of hydrogen-bond donors (Lipinski definition) is 0. The molecule has 0 aromatic carbocycles. The van der Waals surface area contributed by atoms with Crippen molar-refractivity contribution in [3.63, 3.8) is 0 Å². The van der Waals surface area contributed by atoms with Crippen LogP contribution in [-0.2, 0) is 19.1 Å². The highest BCUT2D eigenvalue weighted by Gasteiger charge is 2.44. The van der Waals surface area contributed by atoms with Gasteiger partial charge >= 0.3 is 5.97 Å². The zero-order valence-electron chi connectivity index (χ0n) is 15.9. The van der Waals surface area contributed by atoms with Gasteiger partial charge in [0.1, 0.15) is 12.6 Å². The first-order chi connectivity index (χ1) is 12.0. The molecule has 0 heterocycles. The summed E-state index contributed by atoms with van der Waals surface area (Å²) in [6.45, 7) is 4.56. The molecule has 0 N–H and O–H groups in total. The van der Waals surface area contributed by atoms with Gasteiger partial charge in [-0.15, -0.1) is 0 Å². The van der Waals surface area contributed by atoms with E-state index in [1.165, 1.54) is 0 Å². The van der Waals surface area contributed by atoms with Crippen LogP contribution in [0.1, 0.15) is 78.1 Å². The van der Waals surface area contributed by atoms with Gasteiger partial charge in [-0.3, -0.25) is 4.79 Å². The van der Waals surface area contributed by atoms with Crippen LogP contribution in [0.15, 0.2) is 0 Å². The number of rotatable bonds is 8. The Balaban J connectivity index is 2.15. The van der Waals surface area contributed by atoms with Gasteiger partial charge in [0.25, 0.3) is 0 Å². The van der Waals surface area contributed by atoms with Crippen molar-refractivity contribution in [2.75, 3.05) is 6.61 Å². The molecule has 0 amide bonds. The minimum atomic E-state index is -0.126. The van der Waals surface area contributed by atoms with Crippen molar-refractivity contribution in [2.45, 2.75) is 78.1 Å². The van der Waals surface area contributed by atoms with Gasteiger partial charge < -0.3 is 14.3 Å². The van der Waals surface area contributed by atoms with Crippen molar-refractivity contribution in [1.82, 2.24) is 0 Å². The fraction of sp³-hybridized carbons (Fsp3) is 0.857. The van der Waals surface area contributed by atoms with Crippen molar-refractivity contribution in [3.05, 3.63) is 0 Å². The van der Waals surface area contributed by atoms with Crippen LogP contribution < -0.4 is 0 Å². The second-order valence-corrected chi connectivity index (χ2v) is 8.33. The molecule has 4 heteroatoms. The molecular weight excluding hydrogens is 316 g/mol. The highest BCUT2D eigenvalue weighted by Crippen LogP contribution is 2.52. The Hall–Kier alpha value is -1.19. The summed E-state index contributed by atoms with van der Waals surface area (Å²) in [6, 6.07) is 0. The fourth-order valence-electron chi connectivity index (χ4n) is 5.25. The van der Waals surface area contributed by atoms with Crippen LogP contribution in [0.2, 0.25) is 0 Å². The molecule has 4 nitrogen and oxygen atoms in total. The van der Waals surface area contributed by atoms with E-state index in [0.717, 1.165) is 70.4 Å². The lowest BCUT2D eigenvalue weighted by molar-refractivity contribution is -0.144. The zero-order chi connectivity index (χ0) is 18.3. The number of esters is 1. The van der Waals surface area contributed by atoms with Gasteiger partial charge in [-0.05, 0) is 69.1 Å². The molecule has 4 unspecified atom stereocenters. The molecule has 4 atom stereocenters. The molecule has 0 saturated heterocycles. The maximum absolute atomic E-state index is 12.0. The van der Waals surface area contributed by atoms with Crippen LogP contribution in [0.3, 0.4) is 0 Å². The summed E-state index contributed by atoms with van der Waals surface area (Å²) in [7, 11) is 0. The van der Waals surface area contributed by atoms with E-state index < -0.39 is 0 Å². The van der Waals surface area contributed by atoms with Gasteiger partial charge in [0, 0.05) is 18.3 Å². The van der Waals surface area contributed by atoms with Crippen LogP contribution in [0.5, 0.6) is 0 Å². The van der Waals surface area contributed by atoms with Crippen LogP contribution in [-0.4, -0.2) is 25.1 Å². The summed E-state index contributed by atoms with van der Waals surface area (Å²) < 4.78 is 5.15. The quantitative estimate of drug-likeness (QED) is 0.482. The highest BCUT2D eigenvalue weighted by atomic mass is 16.5. The van der Waals surface area contributed by atoms with E-state index in [2.05, 4.69) is 6.92 Å². The minimum Gasteiger partial charge on any atom is -0.466 e. The van der Waals surface area contributed by atoms with Crippen molar-refractivity contribution in [2.24, 2.45) is 29.1 Å². The molecule has 0 spiro atoms. The Morgan fingerprint density at radius 1 is 1.00 bits per heavy atom. The van der Waals surface area contributed by atoms with Gasteiger partial charge in [-0.25, -0.2) is 0 Å². The SMILES string of the molecule is CCOC(=O)CCC(C)(C1CCCC(C=O)C1)C1CCCC(C=O)C1. The number of carbonyl (C=O) groups excluding carboxylic acids is 3. The normalized spacial score (nSPS) is 32.4. The van der Waals surface area contributed by atoms with Crippen molar-refractivity contribution < 1.29 is 19.1 Å². The molecule has 0 aromatic heterocycles. The summed E-state index contributed by atoms with van der Waals surface area (Å²) in [5.41, 5.74) is 0.0100. The maximum atomic E-state index is 12.0. The topological polar surface area (TPSA) is 60.4 Å². The highest BCUT2D eigenvalue weighted by molar-refractivity contribution is 5.69. The molecule has 142 valence electrons. The molecule has 2 aliphatic carbocycles. The summed E-state index contributed by atoms with van der Waals surface area (Å²) in [6.07, 6.45) is 11.8. The predicted octanol–water partition coefficient (Wildman–Crippen LogP) is 4.35. The summed E-state index contributed by atoms with van der Waals surface area (Å²) in [4.78, 5) is 34.6. The molecule has 2 aliphatic rings. The smallest absolute Gasteiger partial charge is 0.305 e. The van der Waals surface area contributed by atoms with Gasteiger partial charge in [-0.1, -0.05) is 19.8 Å². The second-order valence-electron chi connectivity index (χ2n) is 8.33. The minimum absolute atomic E-state index is 0.0100. The van der Waals surface area contributed by atoms with E-state index in [0.29, 0.717) is 24.9 Å². The average Bonchev–Trinajstić information content (AvgIpc) is 2.66. The number of carbonyl (C=O) groups is 3. The number of hydrogen-bond acceptors (Lipinski definition) is 4. The van der Waals surface area contributed by atoms with Crippen LogP contribution in [0.25, 0.3) is 0 Å². The Morgan fingerprint density at radius 2 is 1.52 bits per heavy atom. The Bertz CT molecular complexity index is 431. The van der Waals surface area contributed by atoms with Crippen LogP contribution in [0.4, 0.5) is 0 Å². The lowest BCUT2D eigenvalue weighted by atomic mass is 9.56. The van der Waals surface area contributed by atoms with Crippen molar-refractivity contribution >= 4 is 18.5 Å². The largest absolute Gasteiger partial charge is 0.466 e. The average molecular weight is 350 g/mol. The molecule has 0 aromatic rings. The molecular formula is C21H34O4. The van der Waals surface area contributed by atoms with Crippen molar-refractivity contribution in [1.29, 1.82) is 0 Å². The van der Waals surface area contributed by atoms with E-state index in [9.17, 15) is 14.4 Å². The van der Waals surface area contributed by atoms with Gasteiger partial charge in [-0.2, -0.15) is 0 Å². The number of ether oxygens (including phenoxy) is 1. The van der Waals surface area contributed by atoms with E-state index in [1.807, 2.05) is 6.92 Å². The van der Waals surface area contributed by atoms with E-state index in [1.54, 1.807) is 0 Å². The third-order valence-electron chi connectivity index (χ3n) is 6.85. The fourth-order valence-corrected chi connectivity index (χ4v) is 5.25. The van der Waals surface area contributed by atoms with Crippen LogP contribution in [0, 0.1) is 29.1 Å². The Labute approximate surface area is 152 Å². The second kappa shape index (κ2) is 9.49. The summed E-state index contributed by atoms with van der Waals surface area (Å²) in [5, 5.41) is 0. The zero-order valence-corrected chi connectivity index (χ0v) is 15.9. The molecule has 25 heavy (non-hydrogen) atoms. The number of aldehydes is 2. The van der Waals surface area contributed by atoms with Gasteiger partial charge in [0.2, 0.25) is 0 Å². The lowest BCUT2D eigenvalue weighted by Crippen LogP contribution is -2.41. The molecule has 2 rings (SSSR count). The van der Waals surface area contributed by atoms with E-state index in [4.69, 9.17) is 4.74 Å². The Kier molecular flexibility index (Phi) is 7.64. The third-order valence-corrected chi connectivity index (χ3v) is 6.85. The predicted molar refractivity (Wildman–Crippen MR) is 97.0 cm³/mol. The molecule has 0 radical (unpaired) electrons. The standard InChI is InChI=1S/C21H34O4/c1-3-25-20(24)10-11-21(2,18-8-4-6-16(12-18)14-22)19-9-5-7-17(13-19)15-23/h14-19H,3-13H2,1-2H3. The van der Waals surface area contributed by atoms with Crippen LogP contribution >= 0.6 is 0 Å². The monoisotopic (exact) mass is 350 g/mol. The molecule has 0 bridgehead atoms. The Morgan fingerprint density at radius 3 is 1.96 bits per heavy atom. The first-order valence-corrected chi connectivity index (χ1v) is 10.1. The third kappa shape index (κ3) is 5.15. The van der Waals surface area contributed by atoms with Crippen molar-refractivity contribution in [3.8, 4) is 0 Å². The van der Waals surface area contributed by atoms with Gasteiger partial charge in [0.05, 0.1) is 6.61 Å². The maximum Gasteiger partial charge on any atom is 0.305 e. The first-order valence-electron chi connectivity index (χ1n) is 10.1. The summed E-state index contributed by atoms with van der Waals surface area (Å²) in [5.74, 6) is 1.11. The molecule has 2 fully saturated rings. The van der Waals surface area contributed by atoms with Gasteiger partial charge in [0.15, 0.2) is 0 Å². The first kappa shape index (κ1) is 20.1. The summed E-state index contributed by atoms with van der Waals surface area (Å²) >= 11 is 0. The van der Waals surface area contributed by atoms with E-state index in [-0.39, 0.29) is 23.2 Å². The van der Waals surface area contributed by atoms with E-state index >= 15 is 0 Å². The molecule has 2 saturated carbocycles.